The maximum Gasteiger partial charge on any atom is 0.416 e. The normalized spacial score (nSPS) is 19.5. The summed E-state index contributed by atoms with van der Waals surface area (Å²) in [5.41, 5.74) is 6.12. The molecule has 0 aromatic heterocycles. The van der Waals surface area contributed by atoms with Gasteiger partial charge in [-0.15, -0.1) is 0 Å². The van der Waals surface area contributed by atoms with Crippen LogP contribution in [0.5, 0.6) is 0 Å². The maximum absolute atomic E-state index is 13.0. The van der Waals surface area contributed by atoms with E-state index in [1.54, 1.807) is 6.07 Å². The molecule has 2 rings (SSSR count). The Hall–Kier alpha value is -1.23. The third kappa shape index (κ3) is 2.07. The summed E-state index contributed by atoms with van der Waals surface area (Å²) in [6, 6.07) is 4.53. The van der Waals surface area contributed by atoms with Gasteiger partial charge in [-0.25, -0.2) is 0 Å². The molecule has 1 aromatic carbocycles. The van der Waals surface area contributed by atoms with Crippen molar-refractivity contribution in [1.82, 2.24) is 0 Å². The van der Waals surface area contributed by atoms with E-state index in [1.165, 1.54) is 6.07 Å². The standard InChI is InChI=1S/C13H17F3N2/c1-8(2)18-7-9(6-17)12-10(13(14,15)16)4-3-5-11(12)18/h3-5,8-9H,6-7,17H2,1-2H3. The van der Waals surface area contributed by atoms with Crippen molar-refractivity contribution in [1.29, 1.82) is 0 Å². The molecule has 1 unspecified atom stereocenters. The van der Waals surface area contributed by atoms with Crippen LogP contribution in [0.25, 0.3) is 0 Å². The molecule has 1 aliphatic rings. The molecule has 0 saturated heterocycles. The highest BCUT2D eigenvalue weighted by molar-refractivity contribution is 5.64. The van der Waals surface area contributed by atoms with E-state index in [-0.39, 0.29) is 18.5 Å². The van der Waals surface area contributed by atoms with Gasteiger partial charge in [-0.1, -0.05) is 6.07 Å². The fraction of sp³-hybridized carbons (Fsp3) is 0.538. The molecule has 1 aliphatic heterocycles. The molecule has 100 valence electrons. The van der Waals surface area contributed by atoms with E-state index in [0.717, 1.165) is 6.07 Å². The van der Waals surface area contributed by atoms with Crippen LogP contribution >= 0.6 is 0 Å². The topological polar surface area (TPSA) is 29.3 Å². The highest BCUT2D eigenvalue weighted by Gasteiger charge is 2.40. The van der Waals surface area contributed by atoms with Crippen molar-refractivity contribution >= 4 is 5.69 Å². The molecule has 0 radical (unpaired) electrons. The minimum absolute atomic E-state index is 0.170. The van der Waals surface area contributed by atoms with Gasteiger partial charge in [-0.3, -0.25) is 0 Å². The minimum atomic E-state index is -4.31. The summed E-state index contributed by atoms with van der Waals surface area (Å²) >= 11 is 0. The quantitative estimate of drug-likeness (QED) is 0.883. The van der Waals surface area contributed by atoms with Crippen molar-refractivity contribution in [2.24, 2.45) is 5.73 Å². The zero-order valence-corrected chi connectivity index (χ0v) is 10.5. The van der Waals surface area contributed by atoms with Gasteiger partial charge < -0.3 is 10.6 Å². The molecule has 0 spiro atoms. The number of hydrogen-bond acceptors (Lipinski definition) is 2. The molecule has 5 heteroatoms. The SMILES string of the molecule is CC(C)N1CC(CN)c2c1cccc2C(F)(F)F. The maximum atomic E-state index is 13.0. The lowest BCUT2D eigenvalue weighted by atomic mass is 9.95. The van der Waals surface area contributed by atoms with Crippen LogP contribution in [0.1, 0.15) is 30.9 Å². The number of anilines is 1. The Balaban J connectivity index is 2.57. The Morgan fingerprint density at radius 1 is 1.39 bits per heavy atom. The van der Waals surface area contributed by atoms with Crippen LogP contribution in [0.3, 0.4) is 0 Å². The predicted molar refractivity (Wildman–Crippen MR) is 65.7 cm³/mol. The zero-order chi connectivity index (χ0) is 13.5. The molecule has 0 aliphatic carbocycles. The van der Waals surface area contributed by atoms with Gasteiger partial charge in [0.2, 0.25) is 0 Å². The molecule has 18 heavy (non-hydrogen) atoms. The molecule has 1 atom stereocenters. The summed E-state index contributed by atoms with van der Waals surface area (Å²) in [7, 11) is 0. The Labute approximate surface area is 105 Å². The first-order valence-electron chi connectivity index (χ1n) is 6.03. The number of hydrogen-bond donors (Lipinski definition) is 1. The molecule has 0 saturated carbocycles. The van der Waals surface area contributed by atoms with E-state index in [0.29, 0.717) is 17.8 Å². The van der Waals surface area contributed by atoms with Gasteiger partial charge in [-0.05, 0) is 31.5 Å². The summed E-state index contributed by atoms with van der Waals surface area (Å²) in [6.45, 7) is 4.76. The van der Waals surface area contributed by atoms with Gasteiger partial charge >= 0.3 is 6.18 Å². The predicted octanol–water partition coefficient (Wildman–Crippen LogP) is 2.98. The molecule has 1 heterocycles. The lowest BCUT2D eigenvalue weighted by Crippen LogP contribution is -2.30. The van der Waals surface area contributed by atoms with Crippen molar-refractivity contribution in [3.63, 3.8) is 0 Å². The number of fused-ring (bicyclic) bond motifs is 1. The van der Waals surface area contributed by atoms with Crippen LogP contribution in [0.4, 0.5) is 18.9 Å². The fourth-order valence-electron chi connectivity index (χ4n) is 2.59. The van der Waals surface area contributed by atoms with Gasteiger partial charge in [0, 0.05) is 30.7 Å². The molecule has 1 aromatic rings. The zero-order valence-electron chi connectivity index (χ0n) is 10.5. The lowest BCUT2D eigenvalue weighted by molar-refractivity contribution is -0.138. The highest BCUT2D eigenvalue weighted by atomic mass is 19.4. The van der Waals surface area contributed by atoms with E-state index in [1.807, 2.05) is 18.7 Å². The first-order valence-corrected chi connectivity index (χ1v) is 6.03. The van der Waals surface area contributed by atoms with Gasteiger partial charge in [0.05, 0.1) is 5.56 Å². The van der Waals surface area contributed by atoms with Crippen molar-refractivity contribution in [3.05, 3.63) is 29.3 Å². The summed E-state index contributed by atoms with van der Waals surface area (Å²) in [5.74, 6) is -0.236. The average molecular weight is 258 g/mol. The molecule has 0 bridgehead atoms. The van der Waals surface area contributed by atoms with Crippen molar-refractivity contribution < 1.29 is 13.2 Å². The highest BCUT2D eigenvalue weighted by Crippen LogP contribution is 2.44. The lowest BCUT2D eigenvalue weighted by Gasteiger charge is -2.24. The minimum Gasteiger partial charge on any atom is -0.368 e. The van der Waals surface area contributed by atoms with Crippen LogP contribution in [-0.2, 0) is 6.18 Å². The Bertz CT molecular complexity index is 440. The number of nitrogens with zero attached hydrogens (tertiary/aromatic N) is 1. The van der Waals surface area contributed by atoms with Crippen LogP contribution in [0, 0.1) is 0 Å². The summed E-state index contributed by atoms with van der Waals surface area (Å²) in [6.07, 6.45) is -4.31. The van der Waals surface area contributed by atoms with E-state index >= 15 is 0 Å². The molecule has 2 nitrogen and oxygen atoms in total. The molecular weight excluding hydrogens is 241 g/mol. The first kappa shape index (κ1) is 13.2. The van der Waals surface area contributed by atoms with E-state index in [9.17, 15) is 13.2 Å². The molecular formula is C13H17F3N2. The van der Waals surface area contributed by atoms with Crippen molar-refractivity contribution in [3.8, 4) is 0 Å². The molecule has 0 fully saturated rings. The van der Waals surface area contributed by atoms with Crippen molar-refractivity contribution in [2.45, 2.75) is 32.0 Å². The monoisotopic (exact) mass is 258 g/mol. The van der Waals surface area contributed by atoms with Gasteiger partial charge in [0.15, 0.2) is 0 Å². The molecule has 0 amide bonds. The van der Waals surface area contributed by atoms with E-state index in [4.69, 9.17) is 5.73 Å². The Kier molecular flexibility index (Phi) is 3.27. The van der Waals surface area contributed by atoms with Gasteiger partial charge in [0.1, 0.15) is 0 Å². The fourth-order valence-corrected chi connectivity index (χ4v) is 2.59. The Morgan fingerprint density at radius 2 is 2.06 bits per heavy atom. The number of rotatable bonds is 2. The van der Waals surface area contributed by atoms with E-state index in [2.05, 4.69) is 0 Å². The smallest absolute Gasteiger partial charge is 0.368 e. The van der Waals surface area contributed by atoms with Gasteiger partial charge in [-0.2, -0.15) is 13.2 Å². The van der Waals surface area contributed by atoms with Crippen LogP contribution in [0.2, 0.25) is 0 Å². The number of nitrogens with two attached hydrogens (primary N) is 1. The third-order valence-electron chi connectivity index (χ3n) is 3.43. The second-order valence-corrected chi connectivity index (χ2v) is 4.91. The first-order chi connectivity index (χ1) is 8.36. The van der Waals surface area contributed by atoms with Crippen LogP contribution in [0.15, 0.2) is 18.2 Å². The number of alkyl halides is 3. The molecule has 2 N–H and O–H groups in total. The van der Waals surface area contributed by atoms with Crippen LogP contribution < -0.4 is 10.6 Å². The largest absolute Gasteiger partial charge is 0.416 e. The Morgan fingerprint density at radius 3 is 2.56 bits per heavy atom. The summed E-state index contributed by atoms with van der Waals surface area (Å²) in [5, 5.41) is 0. The van der Waals surface area contributed by atoms with Gasteiger partial charge in [0.25, 0.3) is 0 Å². The van der Waals surface area contributed by atoms with Crippen LogP contribution in [-0.4, -0.2) is 19.1 Å². The third-order valence-corrected chi connectivity index (χ3v) is 3.43. The van der Waals surface area contributed by atoms with E-state index < -0.39 is 11.7 Å². The van der Waals surface area contributed by atoms with Crippen molar-refractivity contribution in [2.75, 3.05) is 18.0 Å². The average Bonchev–Trinajstić information content (AvgIpc) is 2.66. The summed E-state index contributed by atoms with van der Waals surface area (Å²) < 4.78 is 39.1. The number of halogens is 3. The second kappa shape index (κ2) is 4.46. The summed E-state index contributed by atoms with van der Waals surface area (Å²) in [4.78, 5) is 1.99. The second-order valence-electron chi connectivity index (χ2n) is 4.91. The number of benzene rings is 1.